The van der Waals surface area contributed by atoms with Crippen LogP contribution in [0.2, 0.25) is 0 Å². The molecule has 0 saturated heterocycles. The van der Waals surface area contributed by atoms with E-state index in [9.17, 15) is 14.4 Å². The lowest BCUT2D eigenvalue weighted by molar-refractivity contribution is -0.116. The maximum Gasteiger partial charge on any atom is 0.261 e. The molecule has 2 heterocycles. The van der Waals surface area contributed by atoms with Gasteiger partial charge in [0.05, 0.1) is 12.0 Å². The number of pyridine rings is 1. The molecule has 0 bridgehead atoms. The van der Waals surface area contributed by atoms with Crippen LogP contribution in [-0.2, 0) is 11.3 Å². The topological polar surface area (TPSA) is 104 Å². The monoisotopic (exact) mass is 379 g/mol. The van der Waals surface area contributed by atoms with Crippen molar-refractivity contribution in [3.8, 4) is 11.5 Å². The number of hydrogen-bond donors (Lipinski definition) is 3. The zero-order chi connectivity index (χ0) is 19.9. The average Bonchev–Trinajstić information content (AvgIpc) is 3.22. The maximum atomic E-state index is 12.3. The highest BCUT2D eigenvalue weighted by molar-refractivity contribution is 5.94. The van der Waals surface area contributed by atoms with Crippen LogP contribution in [0, 0.1) is 0 Å². The Morgan fingerprint density at radius 1 is 1.07 bits per heavy atom. The van der Waals surface area contributed by atoms with Crippen molar-refractivity contribution in [2.24, 2.45) is 0 Å². The highest BCUT2D eigenvalue weighted by Gasteiger charge is 2.12. The molecule has 3 aromatic rings. The van der Waals surface area contributed by atoms with E-state index in [2.05, 4.69) is 15.6 Å². The Kier molecular flexibility index (Phi) is 6.06. The first kappa shape index (κ1) is 19.2. The number of carbonyl (C=O) groups is 2. The van der Waals surface area contributed by atoms with Crippen LogP contribution in [0.1, 0.15) is 35.7 Å². The summed E-state index contributed by atoms with van der Waals surface area (Å²) in [5, 5.41) is 5.53. The van der Waals surface area contributed by atoms with Gasteiger partial charge in [0.15, 0.2) is 0 Å². The van der Waals surface area contributed by atoms with Crippen molar-refractivity contribution in [2.75, 3.05) is 5.32 Å². The molecule has 28 heavy (non-hydrogen) atoms. The van der Waals surface area contributed by atoms with E-state index in [0.29, 0.717) is 23.6 Å². The molecule has 3 N–H and O–H groups in total. The van der Waals surface area contributed by atoms with Crippen LogP contribution < -0.4 is 16.2 Å². The standard InChI is InChI=1S/C21H21N3O4/c1-2-4-19(25)23-15-8-6-14(7-9-15)13-22-20(26)16-10-11-17(24-21(16)27)18-5-3-12-28-18/h3,5-12H,2,4,13H2,1H3,(H,22,26)(H,23,25)(H,24,27). The Balaban J connectivity index is 1.59. The molecule has 3 rings (SSSR count). The molecule has 0 aliphatic heterocycles. The summed E-state index contributed by atoms with van der Waals surface area (Å²) in [6.07, 6.45) is 2.78. The van der Waals surface area contributed by atoms with Crippen molar-refractivity contribution in [3.63, 3.8) is 0 Å². The molecule has 7 heteroatoms. The van der Waals surface area contributed by atoms with Gasteiger partial charge in [-0.15, -0.1) is 0 Å². The highest BCUT2D eigenvalue weighted by Crippen LogP contribution is 2.15. The van der Waals surface area contributed by atoms with Gasteiger partial charge in [-0.2, -0.15) is 0 Å². The van der Waals surface area contributed by atoms with Crippen LogP contribution in [0.3, 0.4) is 0 Å². The van der Waals surface area contributed by atoms with E-state index in [0.717, 1.165) is 12.0 Å². The summed E-state index contributed by atoms with van der Waals surface area (Å²) >= 11 is 0. The molecule has 0 fully saturated rings. The fraction of sp³-hybridized carbons (Fsp3) is 0.190. The van der Waals surface area contributed by atoms with Crippen LogP contribution in [-0.4, -0.2) is 16.8 Å². The molecule has 0 atom stereocenters. The van der Waals surface area contributed by atoms with E-state index < -0.39 is 11.5 Å². The second-order valence-corrected chi connectivity index (χ2v) is 6.27. The van der Waals surface area contributed by atoms with Gasteiger partial charge in [-0.25, -0.2) is 0 Å². The summed E-state index contributed by atoms with van der Waals surface area (Å²) in [6, 6.07) is 13.7. The van der Waals surface area contributed by atoms with E-state index in [-0.39, 0.29) is 18.0 Å². The third-order valence-electron chi connectivity index (χ3n) is 4.11. The molecule has 2 aromatic heterocycles. The van der Waals surface area contributed by atoms with E-state index in [1.807, 2.05) is 19.1 Å². The second kappa shape index (κ2) is 8.85. The van der Waals surface area contributed by atoms with Gasteiger partial charge in [0.1, 0.15) is 11.3 Å². The van der Waals surface area contributed by atoms with E-state index >= 15 is 0 Å². The summed E-state index contributed by atoms with van der Waals surface area (Å²) in [6.45, 7) is 2.21. The van der Waals surface area contributed by atoms with Gasteiger partial charge in [-0.05, 0) is 48.4 Å². The third-order valence-corrected chi connectivity index (χ3v) is 4.11. The summed E-state index contributed by atoms with van der Waals surface area (Å²) in [4.78, 5) is 38.7. The molecular formula is C21H21N3O4. The molecule has 2 amide bonds. The lowest BCUT2D eigenvalue weighted by atomic mass is 10.2. The maximum absolute atomic E-state index is 12.3. The summed E-state index contributed by atoms with van der Waals surface area (Å²) in [5.74, 6) is 0.0310. The van der Waals surface area contributed by atoms with Crippen LogP contribution in [0.15, 0.2) is 64.0 Å². The first-order valence-electron chi connectivity index (χ1n) is 9.01. The Morgan fingerprint density at radius 3 is 2.50 bits per heavy atom. The van der Waals surface area contributed by atoms with E-state index in [1.54, 1.807) is 30.3 Å². The fourth-order valence-corrected chi connectivity index (χ4v) is 2.66. The minimum absolute atomic E-state index is 0.0266. The third kappa shape index (κ3) is 4.76. The molecule has 0 unspecified atom stereocenters. The summed E-state index contributed by atoms with van der Waals surface area (Å²) < 4.78 is 5.23. The fourth-order valence-electron chi connectivity index (χ4n) is 2.66. The minimum Gasteiger partial charge on any atom is -0.463 e. The van der Waals surface area contributed by atoms with Gasteiger partial charge >= 0.3 is 0 Å². The van der Waals surface area contributed by atoms with E-state index in [4.69, 9.17) is 4.42 Å². The minimum atomic E-state index is -0.486. The first-order chi connectivity index (χ1) is 13.6. The molecule has 0 saturated carbocycles. The zero-order valence-corrected chi connectivity index (χ0v) is 15.5. The van der Waals surface area contributed by atoms with Crippen molar-refractivity contribution in [2.45, 2.75) is 26.3 Å². The van der Waals surface area contributed by atoms with Gasteiger partial charge < -0.3 is 20.0 Å². The van der Waals surface area contributed by atoms with Crippen LogP contribution >= 0.6 is 0 Å². The van der Waals surface area contributed by atoms with Gasteiger partial charge in [0.25, 0.3) is 11.5 Å². The van der Waals surface area contributed by atoms with Crippen molar-refractivity contribution >= 4 is 17.5 Å². The highest BCUT2D eigenvalue weighted by atomic mass is 16.3. The van der Waals surface area contributed by atoms with E-state index in [1.165, 1.54) is 12.3 Å². The average molecular weight is 379 g/mol. The van der Waals surface area contributed by atoms with Crippen LogP contribution in [0.5, 0.6) is 0 Å². The second-order valence-electron chi connectivity index (χ2n) is 6.27. The number of amides is 2. The lowest BCUT2D eigenvalue weighted by Crippen LogP contribution is -2.29. The Morgan fingerprint density at radius 2 is 1.86 bits per heavy atom. The Hall–Kier alpha value is -3.61. The van der Waals surface area contributed by atoms with Gasteiger partial charge in [-0.1, -0.05) is 19.1 Å². The van der Waals surface area contributed by atoms with Crippen molar-refractivity contribution in [3.05, 3.63) is 76.3 Å². The molecule has 144 valence electrons. The van der Waals surface area contributed by atoms with Crippen LogP contribution in [0.25, 0.3) is 11.5 Å². The smallest absolute Gasteiger partial charge is 0.261 e. The Bertz CT molecular complexity index is 1000. The normalized spacial score (nSPS) is 10.5. The molecular weight excluding hydrogens is 358 g/mol. The molecule has 0 aliphatic carbocycles. The van der Waals surface area contributed by atoms with Crippen LogP contribution in [0.4, 0.5) is 5.69 Å². The SMILES string of the molecule is CCCC(=O)Nc1ccc(CNC(=O)c2ccc(-c3ccco3)[nH]c2=O)cc1. The quantitative estimate of drug-likeness (QED) is 0.586. The largest absolute Gasteiger partial charge is 0.463 e. The number of rotatable bonds is 7. The molecule has 1 aromatic carbocycles. The predicted molar refractivity (Wildman–Crippen MR) is 106 cm³/mol. The molecule has 7 nitrogen and oxygen atoms in total. The predicted octanol–water partition coefficient (Wildman–Crippen LogP) is 3.30. The van der Waals surface area contributed by atoms with Gasteiger partial charge in [-0.3, -0.25) is 14.4 Å². The molecule has 0 radical (unpaired) electrons. The number of carbonyl (C=O) groups excluding carboxylic acids is 2. The number of aromatic nitrogens is 1. The molecule has 0 aliphatic rings. The number of aromatic amines is 1. The first-order valence-corrected chi connectivity index (χ1v) is 9.01. The van der Waals surface area contributed by atoms with Crippen molar-refractivity contribution in [1.82, 2.24) is 10.3 Å². The van der Waals surface area contributed by atoms with Crippen molar-refractivity contribution < 1.29 is 14.0 Å². The summed E-state index contributed by atoms with van der Waals surface area (Å²) in [5.41, 5.74) is 1.61. The summed E-state index contributed by atoms with van der Waals surface area (Å²) in [7, 11) is 0. The number of hydrogen-bond acceptors (Lipinski definition) is 4. The zero-order valence-electron chi connectivity index (χ0n) is 15.5. The van der Waals surface area contributed by atoms with Crippen molar-refractivity contribution in [1.29, 1.82) is 0 Å². The number of nitrogens with one attached hydrogen (secondary N) is 3. The number of furan rings is 1. The molecule has 0 spiro atoms. The Labute approximate surface area is 161 Å². The number of anilines is 1. The number of benzene rings is 1. The lowest BCUT2D eigenvalue weighted by Gasteiger charge is -2.08. The van der Waals surface area contributed by atoms with Gasteiger partial charge in [0, 0.05) is 18.7 Å². The number of H-pyrrole nitrogens is 1. The van der Waals surface area contributed by atoms with Gasteiger partial charge in [0.2, 0.25) is 5.91 Å².